The minimum atomic E-state index is -0.161. The third-order valence-corrected chi connectivity index (χ3v) is 6.73. The minimum Gasteiger partial charge on any atom is -0.491 e. The summed E-state index contributed by atoms with van der Waals surface area (Å²) < 4.78 is 12.0. The van der Waals surface area contributed by atoms with Gasteiger partial charge in [0.2, 0.25) is 0 Å². The first-order valence-electron chi connectivity index (χ1n) is 12.5. The van der Waals surface area contributed by atoms with Crippen LogP contribution in [0.3, 0.4) is 0 Å². The fourth-order valence-electron chi connectivity index (χ4n) is 4.05. The van der Waals surface area contributed by atoms with Crippen LogP contribution in [0, 0.1) is 6.92 Å². The monoisotopic (exact) mass is 478 g/mol. The number of ketones is 1. The van der Waals surface area contributed by atoms with E-state index in [0.717, 1.165) is 23.5 Å². The SMILES string of the molecule is CCC(C)Oc1ccc(C(C)(C)c2ccc(Oc3ccc(C(=O)c4ccc(C)cc4)cc3)cc2)cc1. The molecule has 0 aliphatic carbocycles. The summed E-state index contributed by atoms with van der Waals surface area (Å²) in [4.78, 5) is 12.7. The van der Waals surface area contributed by atoms with Crippen molar-refractivity contribution in [1.29, 1.82) is 0 Å². The van der Waals surface area contributed by atoms with Crippen molar-refractivity contribution in [3.05, 3.63) is 125 Å². The molecular formula is C33H34O3. The van der Waals surface area contributed by atoms with Gasteiger partial charge in [-0.05, 0) is 79.9 Å². The predicted molar refractivity (Wildman–Crippen MR) is 147 cm³/mol. The van der Waals surface area contributed by atoms with Crippen LogP contribution in [-0.4, -0.2) is 11.9 Å². The molecule has 4 aromatic rings. The van der Waals surface area contributed by atoms with E-state index in [0.29, 0.717) is 16.9 Å². The van der Waals surface area contributed by atoms with E-state index in [4.69, 9.17) is 9.47 Å². The molecule has 184 valence electrons. The van der Waals surface area contributed by atoms with Crippen LogP contribution in [0.4, 0.5) is 0 Å². The van der Waals surface area contributed by atoms with Gasteiger partial charge in [-0.15, -0.1) is 0 Å². The summed E-state index contributed by atoms with van der Waals surface area (Å²) in [7, 11) is 0. The topological polar surface area (TPSA) is 35.5 Å². The Bertz CT molecular complexity index is 1280. The van der Waals surface area contributed by atoms with Crippen molar-refractivity contribution in [2.75, 3.05) is 0 Å². The molecular weight excluding hydrogens is 444 g/mol. The first-order valence-corrected chi connectivity index (χ1v) is 12.5. The minimum absolute atomic E-state index is 0.00704. The largest absolute Gasteiger partial charge is 0.491 e. The third kappa shape index (κ3) is 5.85. The van der Waals surface area contributed by atoms with Crippen LogP contribution < -0.4 is 9.47 Å². The lowest BCUT2D eigenvalue weighted by Crippen LogP contribution is -2.18. The van der Waals surface area contributed by atoms with Crippen LogP contribution in [0.15, 0.2) is 97.1 Å². The van der Waals surface area contributed by atoms with E-state index < -0.39 is 0 Å². The molecule has 0 spiro atoms. The van der Waals surface area contributed by atoms with Crippen molar-refractivity contribution in [2.24, 2.45) is 0 Å². The van der Waals surface area contributed by atoms with Gasteiger partial charge >= 0.3 is 0 Å². The van der Waals surface area contributed by atoms with Gasteiger partial charge in [-0.1, -0.05) is 74.9 Å². The van der Waals surface area contributed by atoms with Crippen molar-refractivity contribution in [2.45, 2.75) is 52.6 Å². The molecule has 0 aliphatic heterocycles. The number of hydrogen-bond donors (Lipinski definition) is 0. The smallest absolute Gasteiger partial charge is 0.193 e. The van der Waals surface area contributed by atoms with Crippen LogP contribution in [0.2, 0.25) is 0 Å². The Labute approximate surface area is 214 Å². The van der Waals surface area contributed by atoms with E-state index in [9.17, 15) is 4.79 Å². The first kappa shape index (κ1) is 25.2. The Kier molecular flexibility index (Phi) is 7.59. The van der Waals surface area contributed by atoms with E-state index in [1.165, 1.54) is 11.1 Å². The van der Waals surface area contributed by atoms with E-state index in [2.05, 4.69) is 52.0 Å². The molecule has 0 amide bonds. The van der Waals surface area contributed by atoms with Gasteiger partial charge in [-0.25, -0.2) is 0 Å². The molecule has 4 rings (SSSR count). The van der Waals surface area contributed by atoms with E-state index in [1.54, 1.807) is 0 Å². The van der Waals surface area contributed by atoms with E-state index >= 15 is 0 Å². The quantitative estimate of drug-likeness (QED) is 0.226. The molecule has 0 radical (unpaired) electrons. The molecule has 0 aliphatic rings. The molecule has 0 heterocycles. The summed E-state index contributed by atoms with van der Waals surface area (Å²) in [6.45, 7) is 10.7. The Morgan fingerprint density at radius 1 is 0.694 bits per heavy atom. The Morgan fingerprint density at radius 3 is 1.58 bits per heavy atom. The molecule has 0 N–H and O–H groups in total. The molecule has 3 nitrogen and oxygen atoms in total. The summed E-state index contributed by atoms with van der Waals surface area (Å²) in [6.07, 6.45) is 1.19. The van der Waals surface area contributed by atoms with E-state index in [1.807, 2.05) is 79.7 Å². The fourth-order valence-corrected chi connectivity index (χ4v) is 4.05. The van der Waals surface area contributed by atoms with Crippen LogP contribution in [-0.2, 0) is 5.41 Å². The molecule has 4 aromatic carbocycles. The molecule has 0 bridgehead atoms. The highest BCUT2D eigenvalue weighted by Gasteiger charge is 2.23. The lowest BCUT2D eigenvalue weighted by Gasteiger charge is -2.26. The van der Waals surface area contributed by atoms with Gasteiger partial charge < -0.3 is 9.47 Å². The second-order valence-corrected chi connectivity index (χ2v) is 9.83. The standard InChI is InChI=1S/C33H34O3/c1-6-24(3)35-29-19-13-27(14-20-29)33(4,5)28-15-21-31(22-16-28)36-30-17-11-26(12-18-30)32(34)25-9-7-23(2)8-10-25/h7-22,24H,6H2,1-5H3. The molecule has 1 atom stereocenters. The molecule has 3 heteroatoms. The lowest BCUT2D eigenvalue weighted by molar-refractivity contribution is 0.103. The third-order valence-electron chi connectivity index (χ3n) is 6.73. The highest BCUT2D eigenvalue weighted by molar-refractivity contribution is 6.09. The number of benzene rings is 4. The zero-order valence-electron chi connectivity index (χ0n) is 21.7. The average molecular weight is 479 g/mol. The van der Waals surface area contributed by atoms with Gasteiger partial charge in [0, 0.05) is 16.5 Å². The van der Waals surface area contributed by atoms with Crippen molar-refractivity contribution in [1.82, 2.24) is 0 Å². The molecule has 1 unspecified atom stereocenters. The van der Waals surface area contributed by atoms with Gasteiger partial charge in [0.25, 0.3) is 0 Å². The van der Waals surface area contributed by atoms with Crippen LogP contribution in [0.1, 0.15) is 66.7 Å². The van der Waals surface area contributed by atoms with Gasteiger partial charge in [-0.2, -0.15) is 0 Å². The Balaban J connectivity index is 1.42. The normalized spacial score (nSPS) is 12.1. The number of aryl methyl sites for hydroxylation is 1. The average Bonchev–Trinajstić information content (AvgIpc) is 2.90. The first-order chi connectivity index (χ1) is 17.3. The maximum atomic E-state index is 12.7. The highest BCUT2D eigenvalue weighted by Crippen LogP contribution is 2.34. The maximum Gasteiger partial charge on any atom is 0.193 e. The second kappa shape index (κ2) is 10.8. The molecule has 36 heavy (non-hydrogen) atoms. The molecule has 0 saturated carbocycles. The number of carbonyl (C=O) groups excluding carboxylic acids is 1. The van der Waals surface area contributed by atoms with E-state index in [-0.39, 0.29) is 17.3 Å². The number of carbonyl (C=O) groups is 1. The lowest BCUT2D eigenvalue weighted by atomic mass is 9.78. The van der Waals surface area contributed by atoms with Crippen LogP contribution in [0.25, 0.3) is 0 Å². The second-order valence-electron chi connectivity index (χ2n) is 9.83. The summed E-state index contributed by atoms with van der Waals surface area (Å²) in [5, 5.41) is 0. The molecule has 0 saturated heterocycles. The number of hydrogen-bond acceptors (Lipinski definition) is 3. The van der Waals surface area contributed by atoms with Crippen LogP contribution >= 0.6 is 0 Å². The van der Waals surface area contributed by atoms with Gasteiger partial charge in [0.1, 0.15) is 17.2 Å². The predicted octanol–water partition coefficient (Wildman–Crippen LogP) is 8.52. The number of rotatable bonds is 9. The molecule has 0 aromatic heterocycles. The zero-order chi connectivity index (χ0) is 25.7. The number of ether oxygens (including phenoxy) is 2. The maximum absolute atomic E-state index is 12.7. The summed E-state index contributed by atoms with van der Waals surface area (Å²) in [6, 6.07) is 31.5. The summed E-state index contributed by atoms with van der Waals surface area (Å²) in [5.41, 5.74) is 4.72. The van der Waals surface area contributed by atoms with Crippen molar-refractivity contribution in [3.8, 4) is 17.2 Å². The molecule has 0 fully saturated rings. The van der Waals surface area contributed by atoms with Gasteiger partial charge in [0.15, 0.2) is 5.78 Å². The van der Waals surface area contributed by atoms with Crippen molar-refractivity contribution >= 4 is 5.78 Å². The highest BCUT2D eigenvalue weighted by atomic mass is 16.5. The van der Waals surface area contributed by atoms with Crippen molar-refractivity contribution in [3.63, 3.8) is 0 Å². The fraction of sp³-hybridized carbons (Fsp3) is 0.242. The van der Waals surface area contributed by atoms with Gasteiger partial charge in [0.05, 0.1) is 6.10 Å². The summed E-state index contributed by atoms with van der Waals surface area (Å²) in [5.74, 6) is 2.36. The Morgan fingerprint density at radius 2 is 1.11 bits per heavy atom. The Hall–Kier alpha value is -3.85. The van der Waals surface area contributed by atoms with Crippen molar-refractivity contribution < 1.29 is 14.3 Å². The van der Waals surface area contributed by atoms with Crippen LogP contribution in [0.5, 0.6) is 17.2 Å². The van der Waals surface area contributed by atoms with Gasteiger partial charge in [-0.3, -0.25) is 4.79 Å². The zero-order valence-corrected chi connectivity index (χ0v) is 21.7. The summed E-state index contributed by atoms with van der Waals surface area (Å²) >= 11 is 0.